The van der Waals surface area contributed by atoms with Crippen molar-refractivity contribution in [1.29, 1.82) is 0 Å². The Balaban J connectivity index is 1.65. The van der Waals surface area contributed by atoms with Gasteiger partial charge in [-0.3, -0.25) is 9.59 Å². The molecule has 7 nitrogen and oxygen atoms in total. The standard InChI is InChI=1S/C23H23N5O2/c1-28(2)16-9-7-15(8-10-16)18(19-14-24-20-6-4-3-5-17(19)20)13-25-23(30)21-11-12-22(29)27-26-21/h3-12,14,18,24H,13H2,1-2H3,(H,25,30)(H,27,29)/t18-/m0/s1. The lowest BCUT2D eigenvalue weighted by Gasteiger charge is -2.20. The van der Waals surface area contributed by atoms with E-state index in [0.717, 1.165) is 27.7 Å². The van der Waals surface area contributed by atoms with Crippen molar-refractivity contribution >= 4 is 22.5 Å². The van der Waals surface area contributed by atoms with Crippen LogP contribution in [0, 0.1) is 0 Å². The van der Waals surface area contributed by atoms with Crippen LogP contribution in [0.1, 0.15) is 27.5 Å². The predicted molar refractivity (Wildman–Crippen MR) is 118 cm³/mol. The Labute approximate surface area is 173 Å². The average Bonchev–Trinajstić information content (AvgIpc) is 3.19. The van der Waals surface area contributed by atoms with Crippen LogP contribution in [-0.2, 0) is 0 Å². The molecule has 4 aromatic rings. The van der Waals surface area contributed by atoms with Crippen LogP contribution in [0.4, 0.5) is 5.69 Å². The van der Waals surface area contributed by atoms with Gasteiger partial charge in [0.05, 0.1) is 0 Å². The van der Waals surface area contributed by atoms with E-state index in [4.69, 9.17) is 0 Å². The minimum atomic E-state index is -0.343. The number of anilines is 1. The van der Waals surface area contributed by atoms with Crippen molar-refractivity contribution in [3.8, 4) is 0 Å². The largest absolute Gasteiger partial charge is 0.378 e. The second kappa shape index (κ2) is 8.24. The molecule has 0 aliphatic rings. The van der Waals surface area contributed by atoms with Crippen molar-refractivity contribution in [3.63, 3.8) is 0 Å². The third-order valence-electron chi connectivity index (χ3n) is 5.19. The predicted octanol–water partition coefficient (Wildman–Crippen LogP) is 2.88. The van der Waals surface area contributed by atoms with Crippen LogP contribution >= 0.6 is 0 Å². The van der Waals surface area contributed by atoms with Crippen LogP contribution < -0.4 is 15.8 Å². The maximum Gasteiger partial charge on any atom is 0.271 e. The van der Waals surface area contributed by atoms with E-state index in [-0.39, 0.29) is 23.1 Å². The van der Waals surface area contributed by atoms with E-state index in [1.807, 2.05) is 43.4 Å². The molecule has 2 aromatic carbocycles. The molecule has 0 aliphatic heterocycles. The highest BCUT2D eigenvalue weighted by Gasteiger charge is 2.20. The quantitative estimate of drug-likeness (QED) is 0.463. The van der Waals surface area contributed by atoms with Crippen LogP contribution in [0.15, 0.2) is 71.7 Å². The Morgan fingerprint density at radius 3 is 2.53 bits per heavy atom. The summed E-state index contributed by atoms with van der Waals surface area (Å²) in [7, 11) is 4.01. The first-order valence-corrected chi connectivity index (χ1v) is 9.70. The summed E-state index contributed by atoms with van der Waals surface area (Å²) in [6.07, 6.45) is 2.00. The van der Waals surface area contributed by atoms with Gasteiger partial charge in [-0.15, -0.1) is 0 Å². The van der Waals surface area contributed by atoms with E-state index in [1.54, 1.807) is 0 Å². The fourth-order valence-electron chi connectivity index (χ4n) is 3.55. The fraction of sp³-hybridized carbons (Fsp3) is 0.174. The number of fused-ring (bicyclic) bond motifs is 1. The molecule has 1 atom stereocenters. The van der Waals surface area contributed by atoms with E-state index >= 15 is 0 Å². The second-order valence-electron chi connectivity index (χ2n) is 7.34. The summed E-state index contributed by atoms with van der Waals surface area (Å²) in [4.78, 5) is 29.1. The lowest BCUT2D eigenvalue weighted by Crippen LogP contribution is -2.30. The smallest absolute Gasteiger partial charge is 0.271 e. The summed E-state index contributed by atoms with van der Waals surface area (Å²) in [5, 5.41) is 10.2. The molecule has 7 heteroatoms. The maximum atomic E-state index is 12.6. The van der Waals surface area contributed by atoms with Gasteiger partial charge in [0.25, 0.3) is 11.5 Å². The number of para-hydroxylation sites is 1. The van der Waals surface area contributed by atoms with Gasteiger partial charge in [0, 0.05) is 55.4 Å². The first-order chi connectivity index (χ1) is 14.5. The average molecular weight is 401 g/mol. The minimum absolute atomic E-state index is 0.0518. The Bertz CT molecular complexity index is 1200. The summed E-state index contributed by atoms with van der Waals surface area (Å²) in [6, 6.07) is 19.1. The molecule has 30 heavy (non-hydrogen) atoms. The van der Waals surface area contributed by atoms with E-state index in [1.165, 1.54) is 12.1 Å². The summed E-state index contributed by atoms with van der Waals surface area (Å²) in [5.41, 5.74) is 4.20. The highest BCUT2D eigenvalue weighted by Crippen LogP contribution is 2.31. The molecular weight excluding hydrogens is 378 g/mol. The van der Waals surface area contributed by atoms with E-state index in [9.17, 15) is 9.59 Å². The zero-order valence-corrected chi connectivity index (χ0v) is 16.8. The molecular formula is C23H23N5O2. The molecule has 0 fully saturated rings. The number of nitrogens with zero attached hydrogens (tertiary/aromatic N) is 2. The number of aromatic amines is 2. The molecule has 2 aromatic heterocycles. The van der Waals surface area contributed by atoms with Gasteiger partial charge in [0.15, 0.2) is 0 Å². The molecule has 0 aliphatic carbocycles. The van der Waals surface area contributed by atoms with E-state index in [2.05, 4.69) is 50.8 Å². The van der Waals surface area contributed by atoms with E-state index < -0.39 is 0 Å². The van der Waals surface area contributed by atoms with E-state index in [0.29, 0.717) is 6.54 Å². The van der Waals surface area contributed by atoms with Crippen molar-refractivity contribution in [2.24, 2.45) is 0 Å². The molecule has 0 radical (unpaired) electrons. The van der Waals surface area contributed by atoms with Gasteiger partial charge in [-0.05, 0) is 35.4 Å². The van der Waals surface area contributed by atoms with Crippen molar-refractivity contribution in [2.45, 2.75) is 5.92 Å². The first-order valence-electron chi connectivity index (χ1n) is 9.70. The number of rotatable bonds is 6. The Hall–Kier alpha value is -3.87. The second-order valence-corrected chi connectivity index (χ2v) is 7.34. The monoisotopic (exact) mass is 401 g/mol. The molecule has 3 N–H and O–H groups in total. The van der Waals surface area contributed by atoms with Gasteiger partial charge in [-0.1, -0.05) is 30.3 Å². The molecule has 0 saturated heterocycles. The van der Waals surface area contributed by atoms with Crippen molar-refractivity contribution < 1.29 is 4.79 Å². The van der Waals surface area contributed by atoms with Gasteiger partial charge < -0.3 is 15.2 Å². The Morgan fingerprint density at radius 1 is 1.07 bits per heavy atom. The van der Waals surface area contributed by atoms with Crippen LogP contribution in [0.5, 0.6) is 0 Å². The Kier molecular flexibility index (Phi) is 5.34. The SMILES string of the molecule is CN(C)c1ccc([C@H](CNC(=O)c2ccc(=O)[nH]n2)c2c[nH]c3ccccc23)cc1. The first kappa shape index (κ1) is 19.4. The number of H-pyrrole nitrogens is 2. The number of hydrogen-bond acceptors (Lipinski definition) is 4. The van der Waals surface area contributed by atoms with Crippen molar-refractivity contribution in [3.05, 3.63) is 94.0 Å². The van der Waals surface area contributed by atoms with Gasteiger partial charge in [-0.2, -0.15) is 5.10 Å². The lowest BCUT2D eigenvalue weighted by molar-refractivity contribution is 0.0946. The van der Waals surface area contributed by atoms with Gasteiger partial charge in [0.1, 0.15) is 5.69 Å². The minimum Gasteiger partial charge on any atom is -0.378 e. The van der Waals surface area contributed by atoms with Gasteiger partial charge in [-0.25, -0.2) is 5.10 Å². The van der Waals surface area contributed by atoms with Gasteiger partial charge in [0.2, 0.25) is 0 Å². The number of aromatic nitrogens is 3. The third kappa shape index (κ3) is 3.96. The molecule has 0 bridgehead atoms. The zero-order chi connectivity index (χ0) is 21.1. The fourth-order valence-corrected chi connectivity index (χ4v) is 3.55. The van der Waals surface area contributed by atoms with Crippen molar-refractivity contribution in [1.82, 2.24) is 20.5 Å². The zero-order valence-electron chi connectivity index (χ0n) is 16.8. The molecule has 4 rings (SSSR count). The molecule has 2 heterocycles. The van der Waals surface area contributed by atoms with Crippen LogP contribution in [0.25, 0.3) is 10.9 Å². The topological polar surface area (TPSA) is 93.9 Å². The molecule has 1 amide bonds. The number of benzene rings is 2. The number of amides is 1. The van der Waals surface area contributed by atoms with Crippen LogP contribution in [0.2, 0.25) is 0 Å². The van der Waals surface area contributed by atoms with Gasteiger partial charge >= 0.3 is 0 Å². The molecule has 0 spiro atoms. The number of carbonyl (C=O) groups excluding carboxylic acids is 1. The number of carbonyl (C=O) groups is 1. The summed E-state index contributed by atoms with van der Waals surface area (Å²) in [5.74, 6) is -0.384. The Morgan fingerprint density at radius 2 is 1.83 bits per heavy atom. The molecule has 0 unspecified atom stereocenters. The normalized spacial score (nSPS) is 11.9. The summed E-state index contributed by atoms with van der Waals surface area (Å²) >= 11 is 0. The molecule has 0 saturated carbocycles. The maximum absolute atomic E-state index is 12.6. The highest BCUT2D eigenvalue weighted by molar-refractivity contribution is 5.92. The molecule has 152 valence electrons. The van der Waals surface area contributed by atoms with Crippen molar-refractivity contribution in [2.75, 3.05) is 25.5 Å². The lowest BCUT2D eigenvalue weighted by atomic mass is 9.90. The summed E-state index contributed by atoms with van der Waals surface area (Å²) in [6.45, 7) is 0.392. The highest BCUT2D eigenvalue weighted by atomic mass is 16.2. The number of nitrogens with one attached hydrogen (secondary N) is 3. The number of hydrogen-bond donors (Lipinski definition) is 3. The van der Waals surface area contributed by atoms with Crippen LogP contribution in [-0.4, -0.2) is 41.7 Å². The summed E-state index contributed by atoms with van der Waals surface area (Å²) < 4.78 is 0. The third-order valence-corrected chi connectivity index (χ3v) is 5.19. The van der Waals surface area contributed by atoms with Crippen LogP contribution in [0.3, 0.4) is 0 Å².